The summed E-state index contributed by atoms with van der Waals surface area (Å²) in [6.45, 7) is 3.36. The van der Waals surface area contributed by atoms with Crippen LogP contribution in [0.4, 0.5) is 0 Å². The number of aromatic nitrogens is 4. The number of hydrogen-bond donors (Lipinski definition) is 1. The molecular weight excluding hydrogens is 224 g/mol. The van der Waals surface area contributed by atoms with Crippen LogP contribution in [0, 0.1) is 5.92 Å². The average molecular weight is 236 g/mol. The predicted molar refractivity (Wildman–Crippen MR) is 57.0 cm³/mol. The Morgan fingerprint density at radius 1 is 1.53 bits per heavy atom. The van der Waals surface area contributed by atoms with Gasteiger partial charge in [0.1, 0.15) is 0 Å². The Bertz CT molecular complexity index is 505. The molecule has 0 amide bonds. The number of tetrazole rings is 1. The summed E-state index contributed by atoms with van der Waals surface area (Å²) < 4.78 is 6.65. The predicted octanol–water partition coefficient (Wildman–Crippen LogP) is 1.21. The van der Waals surface area contributed by atoms with E-state index >= 15 is 0 Å². The molecule has 0 aliphatic rings. The summed E-state index contributed by atoms with van der Waals surface area (Å²) in [5, 5.41) is 20.2. The van der Waals surface area contributed by atoms with Crippen LogP contribution in [0.25, 0.3) is 11.6 Å². The molecule has 2 rings (SSSR count). The minimum Gasteiger partial charge on any atom is -0.481 e. The maximum absolute atomic E-state index is 10.9. The van der Waals surface area contributed by atoms with Crippen LogP contribution in [0.1, 0.15) is 19.9 Å². The zero-order valence-electron chi connectivity index (χ0n) is 9.44. The smallest absolute Gasteiger partial charge is 0.308 e. The standard InChI is InChI=1S/C10H12N4O3/c1-6(10(15)16)7(2)14-9(11-12-13-14)8-4-3-5-17-8/h3-7H,1-2H3,(H,15,16). The van der Waals surface area contributed by atoms with Crippen molar-refractivity contribution in [2.75, 3.05) is 0 Å². The Morgan fingerprint density at radius 2 is 2.29 bits per heavy atom. The first-order valence-corrected chi connectivity index (χ1v) is 5.16. The van der Waals surface area contributed by atoms with Gasteiger partial charge in [-0.25, -0.2) is 4.68 Å². The van der Waals surface area contributed by atoms with Crippen molar-refractivity contribution in [1.82, 2.24) is 20.2 Å². The minimum absolute atomic E-state index is 0.359. The van der Waals surface area contributed by atoms with Gasteiger partial charge in [0, 0.05) is 0 Å². The van der Waals surface area contributed by atoms with Crippen LogP contribution in [0.3, 0.4) is 0 Å². The zero-order chi connectivity index (χ0) is 12.4. The first-order valence-electron chi connectivity index (χ1n) is 5.16. The van der Waals surface area contributed by atoms with Gasteiger partial charge in [-0.2, -0.15) is 0 Å². The molecule has 2 unspecified atom stereocenters. The molecule has 0 bridgehead atoms. The third kappa shape index (κ3) is 2.03. The van der Waals surface area contributed by atoms with Gasteiger partial charge in [0.15, 0.2) is 5.76 Å². The van der Waals surface area contributed by atoms with Gasteiger partial charge in [-0.15, -0.1) is 5.10 Å². The van der Waals surface area contributed by atoms with Crippen molar-refractivity contribution in [1.29, 1.82) is 0 Å². The SMILES string of the molecule is CC(C(=O)O)C(C)n1nnnc1-c1ccco1. The lowest BCUT2D eigenvalue weighted by molar-refractivity contribution is -0.142. The van der Waals surface area contributed by atoms with E-state index < -0.39 is 11.9 Å². The first kappa shape index (κ1) is 11.3. The largest absolute Gasteiger partial charge is 0.481 e. The highest BCUT2D eigenvalue weighted by molar-refractivity contribution is 5.70. The second-order valence-corrected chi connectivity index (χ2v) is 3.79. The number of carbonyl (C=O) groups is 1. The summed E-state index contributed by atoms with van der Waals surface area (Å²) in [6.07, 6.45) is 1.51. The highest BCUT2D eigenvalue weighted by Crippen LogP contribution is 2.23. The summed E-state index contributed by atoms with van der Waals surface area (Å²) in [7, 11) is 0. The van der Waals surface area contributed by atoms with Crippen LogP contribution in [0.5, 0.6) is 0 Å². The summed E-state index contributed by atoms with van der Waals surface area (Å²) in [6, 6.07) is 3.09. The van der Waals surface area contributed by atoms with Crippen molar-refractivity contribution < 1.29 is 14.3 Å². The molecule has 2 heterocycles. The van der Waals surface area contributed by atoms with E-state index in [0.29, 0.717) is 11.6 Å². The molecule has 1 N–H and O–H groups in total. The van der Waals surface area contributed by atoms with Gasteiger partial charge in [-0.3, -0.25) is 4.79 Å². The number of aliphatic carboxylic acids is 1. The zero-order valence-corrected chi connectivity index (χ0v) is 9.44. The summed E-state index contributed by atoms with van der Waals surface area (Å²) >= 11 is 0. The molecule has 0 saturated carbocycles. The molecular formula is C10H12N4O3. The fourth-order valence-electron chi connectivity index (χ4n) is 1.45. The molecule has 7 nitrogen and oxygen atoms in total. The number of furan rings is 1. The Labute approximate surface area is 97.0 Å². The molecule has 0 aromatic carbocycles. The molecule has 2 aromatic heterocycles. The van der Waals surface area contributed by atoms with Crippen LogP contribution >= 0.6 is 0 Å². The molecule has 2 aromatic rings. The quantitative estimate of drug-likeness (QED) is 0.857. The number of hydrogen-bond acceptors (Lipinski definition) is 5. The molecule has 0 fully saturated rings. The second kappa shape index (κ2) is 4.36. The van der Waals surface area contributed by atoms with Crippen LogP contribution in [-0.4, -0.2) is 31.3 Å². The lowest BCUT2D eigenvalue weighted by Crippen LogP contribution is -2.23. The van der Waals surface area contributed by atoms with Crippen molar-refractivity contribution in [2.24, 2.45) is 5.92 Å². The number of carboxylic acid groups (broad SMARTS) is 1. The number of rotatable bonds is 4. The lowest BCUT2D eigenvalue weighted by Gasteiger charge is -2.16. The van der Waals surface area contributed by atoms with Gasteiger partial charge in [-0.05, 0) is 36.4 Å². The Kier molecular flexibility index (Phi) is 2.90. The van der Waals surface area contributed by atoms with Gasteiger partial charge in [0.2, 0.25) is 5.82 Å². The van der Waals surface area contributed by atoms with Gasteiger partial charge < -0.3 is 9.52 Å². The topological polar surface area (TPSA) is 94.0 Å². The van der Waals surface area contributed by atoms with E-state index in [2.05, 4.69) is 15.5 Å². The van der Waals surface area contributed by atoms with Crippen molar-refractivity contribution >= 4 is 5.97 Å². The molecule has 0 spiro atoms. The minimum atomic E-state index is -0.890. The van der Waals surface area contributed by atoms with E-state index in [4.69, 9.17) is 9.52 Å². The second-order valence-electron chi connectivity index (χ2n) is 3.79. The maximum Gasteiger partial charge on any atom is 0.308 e. The van der Waals surface area contributed by atoms with Crippen LogP contribution in [0.15, 0.2) is 22.8 Å². The van der Waals surface area contributed by atoms with Gasteiger partial charge in [0.25, 0.3) is 0 Å². The highest BCUT2D eigenvalue weighted by Gasteiger charge is 2.25. The lowest BCUT2D eigenvalue weighted by atomic mass is 10.0. The molecule has 2 atom stereocenters. The Morgan fingerprint density at radius 3 is 2.88 bits per heavy atom. The third-order valence-electron chi connectivity index (χ3n) is 2.73. The molecule has 90 valence electrons. The van der Waals surface area contributed by atoms with Crippen molar-refractivity contribution in [2.45, 2.75) is 19.9 Å². The Hall–Kier alpha value is -2.18. The highest BCUT2D eigenvalue weighted by atomic mass is 16.4. The van der Waals surface area contributed by atoms with Crippen molar-refractivity contribution in [3.8, 4) is 11.6 Å². The average Bonchev–Trinajstić information content (AvgIpc) is 2.96. The molecule has 0 radical (unpaired) electrons. The molecule has 0 aliphatic carbocycles. The van der Waals surface area contributed by atoms with Gasteiger partial charge in [-0.1, -0.05) is 0 Å². The van der Waals surface area contributed by atoms with Gasteiger partial charge in [0.05, 0.1) is 18.2 Å². The number of carboxylic acids is 1. The molecule has 0 aliphatic heterocycles. The normalized spacial score (nSPS) is 14.5. The van der Waals surface area contributed by atoms with Crippen LogP contribution in [-0.2, 0) is 4.79 Å². The van der Waals surface area contributed by atoms with E-state index in [1.807, 2.05) is 0 Å². The van der Waals surface area contributed by atoms with E-state index in [0.717, 1.165) is 0 Å². The van der Waals surface area contributed by atoms with Crippen LogP contribution in [0.2, 0.25) is 0 Å². The third-order valence-corrected chi connectivity index (χ3v) is 2.73. The molecule has 7 heteroatoms. The van der Waals surface area contributed by atoms with E-state index in [9.17, 15) is 4.79 Å². The monoisotopic (exact) mass is 236 g/mol. The van der Waals surface area contributed by atoms with Crippen molar-refractivity contribution in [3.05, 3.63) is 18.4 Å². The van der Waals surface area contributed by atoms with Crippen molar-refractivity contribution in [3.63, 3.8) is 0 Å². The first-order chi connectivity index (χ1) is 8.11. The number of nitrogens with zero attached hydrogens (tertiary/aromatic N) is 4. The molecule has 17 heavy (non-hydrogen) atoms. The van der Waals surface area contributed by atoms with E-state index in [1.54, 1.807) is 26.0 Å². The Balaban J connectivity index is 2.34. The van der Waals surface area contributed by atoms with Gasteiger partial charge >= 0.3 is 5.97 Å². The summed E-state index contributed by atoms with van der Waals surface area (Å²) in [5.41, 5.74) is 0. The maximum atomic E-state index is 10.9. The summed E-state index contributed by atoms with van der Waals surface area (Å²) in [5.74, 6) is -0.541. The van der Waals surface area contributed by atoms with Crippen LogP contribution < -0.4 is 0 Å². The van der Waals surface area contributed by atoms with E-state index in [1.165, 1.54) is 10.9 Å². The fraction of sp³-hybridized carbons (Fsp3) is 0.400. The fourth-order valence-corrected chi connectivity index (χ4v) is 1.45. The van der Waals surface area contributed by atoms with E-state index in [-0.39, 0.29) is 6.04 Å². The summed E-state index contributed by atoms with van der Waals surface area (Å²) in [4.78, 5) is 10.9. The molecule has 0 saturated heterocycles.